The zero-order valence-corrected chi connectivity index (χ0v) is 14.4. The van der Waals surface area contributed by atoms with Gasteiger partial charge in [0.05, 0.1) is 6.04 Å². The number of carbonyl (C=O) groups excluding carboxylic acids is 2. The molecule has 1 atom stereocenters. The number of hydrogen-bond donors (Lipinski definition) is 1. The van der Waals surface area contributed by atoms with Crippen molar-refractivity contribution in [3.8, 4) is 0 Å². The number of nitrogens with zero attached hydrogens (tertiary/aromatic N) is 2. The molecule has 1 unspecified atom stereocenters. The van der Waals surface area contributed by atoms with Crippen molar-refractivity contribution < 1.29 is 14.3 Å². The first kappa shape index (κ1) is 18.7. The van der Waals surface area contributed by atoms with Crippen molar-refractivity contribution in [2.75, 3.05) is 26.2 Å². The van der Waals surface area contributed by atoms with E-state index in [1.54, 1.807) is 4.90 Å². The van der Waals surface area contributed by atoms with Crippen LogP contribution in [0.4, 0.5) is 4.79 Å². The molecular formula is C16H31N3O3. The van der Waals surface area contributed by atoms with E-state index in [4.69, 9.17) is 10.5 Å². The summed E-state index contributed by atoms with van der Waals surface area (Å²) < 4.78 is 5.39. The van der Waals surface area contributed by atoms with Gasteiger partial charge in [-0.25, -0.2) is 4.79 Å². The van der Waals surface area contributed by atoms with Crippen LogP contribution < -0.4 is 5.73 Å². The Kier molecular flexibility index (Phi) is 7.13. The molecule has 0 radical (unpaired) electrons. The third kappa shape index (κ3) is 5.83. The van der Waals surface area contributed by atoms with Crippen LogP contribution in [0.15, 0.2) is 0 Å². The van der Waals surface area contributed by atoms with Gasteiger partial charge in [-0.3, -0.25) is 4.79 Å². The van der Waals surface area contributed by atoms with Crippen LogP contribution in [-0.2, 0) is 9.53 Å². The summed E-state index contributed by atoms with van der Waals surface area (Å²) in [4.78, 5) is 27.9. The van der Waals surface area contributed by atoms with Crippen LogP contribution in [0.1, 0.15) is 53.4 Å². The van der Waals surface area contributed by atoms with Crippen molar-refractivity contribution in [1.82, 2.24) is 9.80 Å². The van der Waals surface area contributed by atoms with Crippen LogP contribution in [0.2, 0.25) is 0 Å². The number of amides is 2. The highest BCUT2D eigenvalue weighted by Crippen LogP contribution is 2.16. The molecule has 2 N–H and O–H groups in total. The number of piperazine rings is 1. The molecule has 6 heteroatoms. The third-order valence-corrected chi connectivity index (χ3v) is 3.72. The second-order valence-electron chi connectivity index (χ2n) is 6.86. The van der Waals surface area contributed by atoms with E-state index in [0.717, 1.165) is 19.3 Å². The lowest BCUT2D eigenvalue weighted by atomic mass is 10.1. The predicted octanol–water partition coefficient (Wildman–Crippen LogP) is 1.97. The van der Waals surface area contributed by atoms with Crippen LogP contribution >= 0.6 is 0 Å². The number of ether oxygens (including phenoxy) is 1. The van der Waals surface area contributed by atoms with Gasteiger partial charge < -0.3 is 20.3 Å². The Morgan fingerprint density at radius 2 is 1.91 bits per heavy atom. The second-order valence-corrected chi connectivity index (χ2v) is 6.86. The van der Waals surface area contributed by atoms with Gasteiger partial charge in [0.1, 0.15) is 5.60 Å². The number of nitrogens with two attached hydrogens (primary N) is 1. The highest BCUT2D eigenvalue weighted by Gasteiger charge is 2.33. The lowest BCUT2D eigenvalue weighted by Gasteiger charge is -2.41. The molecule has 1 aliphatic rings. The normalized spacial score (nSPS) is 19.2. The van der Waals surface area contributed by atoms with Crippen LogP contribution in [0.5, 0.6) is 0 Å². The summed E-state index contributed by atoms with van der Waals surface area (Å²) in [5.74, 6) is 0.146. The van der Waals surface area contributed by atoms with Crippen LogP contribution in [0.3, 0.4) is 0 Å². The Morgan fingerprint density at radius 3 is 2.45 bits per heavy atom. The Balaban J connectivity index is 2.56. The Hall–Kier alpha value is -1.30. The van der Waals surface area contributed by atoms with Gasteiger partial charge in [-0.15, -0.1) is 0 Å². The van der Waals surface area contributed by atoms with Crippen LogP contribution in [-0.4, -0.2) is 59.6 Å². The molecule has 1 saturated heterocycles. The first-order chi connectivity index (χ1) is 10.3. The molecule has 0 aromatic carbocycles. The zero-order chi connectivity index (χ0) is 16.8. The largest absolute Gasteiger partial charge is 0.444 e. The molecule has 0 bridgehead atoms. The van der Waals surface area contributed by atoms with E-state index in [1.807, 2.05) is 25.7 Å². The zero-order valence-electron chi connectivity index (χ0n) is 14.4. The molecule has 0 aliphatic carbocycles. The Labute approximate surface area is 134 Å². The number of hydrogen-bond acceptors (Lipinski definition) is 4. The van der Waals surface area contributed by atoms with E-state index in [-0.39, 0.29) is 18.0 Å². The van der Waals surface area contributed by atoms with E-state index in [9.17, 15) is 9.59 Å². The molecule has 2 amide bonds. The SMILES string of the molecule is CCCCCC(=O)N1CCN(C(=O)OC(C)(C)C)CC1CN. The van der Waals surface area contributed by atoms with Gasteiger partial charge in [0.25, 0.3) is 0 Å². The lowest BCUT2D eigenvalue weighted by molar-refractivity contribution is -0.136. The smallest absolute Gasteiger partial charge is 0.410 e. The minimum absolute atomic E-state index is 0.115. The first-order valence-corrected chi connectivity index (χ1v) is 8.26. The maximum Gasteiger partial charge on any atom is 0.410 e. The second kappa shape index (κ2) is 8.36. The Morgan fingerprint density at radius 1 is 1.23 bits per heavy atom. The van der Waals surface area contributed by atoms with E-state index >= 15 is 0 Å². The average molecular weight is 313 g/mol. The van der Waals surface area contributed by atoms with Crippen LogP contribution in [0.25, 0.3) is 0 Å². The van der Waals surface area contributed by atoms with E-state index in [0.29, 0.717) is 32.6 Å². The molecule has 0 aromatic rings. The number of unbranched alkanes of at least 4 members (excludes halogenated alkanes) is 2. The molecule has 6 nitrogen and oxygen atoms in total. The van der Waals surface area contributed by atoms with E-state index in [1.165, 1.54) is 0 Å². The van der Waals surface area contributed by atoms with Gasteiger partial charge in [0.15, 0.2) is 0 Å². The maximum absolute atomic E-state index is 12.3. The van der Waals surface area contributed by atoms with Gasteiger partial charge in [0.2, 0.25) is 5.91 Å². The summed E-state index contributed by atoms with van der Waals surface area (Å²) >= 11 is 0. The summed E-state index contributed by atoms with van der Waals surface area (Å²) in [5.41, 5.74) is 5.29. The third-order valence-electron chi connectivity index (χ3n) is 3.72. The summed E-state index contributed by atoms with van der Waals surface area (Å²) in [7, 11) is 0. The fourth-order valence-electron chi connectivity index (χ4n) is 2.55. The van der Waals surface area contributed by atoms with Gasteiger partial charge in [-0.2, -0.15) is 0 Å². The highest BCUT2D eigenvalue weighted by atomic mass is 16.6. The van der Waals surface area contributed by atoms with E-state index in [2.05, 4.69) is 6.92 Å². The molecule has 0 saturated carbocycles. The molecule has 1 heterocycles. The fraction of sp³-hybridized carbons (Fsp3) is 0.875. The van der Waals surface area contributed by atoms with Crippen molar-refractivity contribution in [1.29, 1.82) is 0 Å². The molecule has 1 rings (SSSR count). The van der Waals surface area contributed by atoms with Crippen molar-refractivity contribution in [2.24, 2.45) is 5.73 Å². The van der Waals surface area contributed by atoms with Gasteiger partial charge in [-0.05, 0) is 27.2 Å². The molecule has 1 aliphatic heterocycles. The number of carbonyl (C=O) groups is 2. The van der Waals surface area contributed by atoms with E-state index < -0.39 is 5.60 Å². The van der Waals surface area contributed by atoms with Crippen molar-refractivity contribution in [3.05, 3.63) is 0 Å². The van der Waals surface area contributed by atoms with Gasteiger partial charge in [-0.1, -0.05) is 19.8 Å². The summed E-state index contributed by atoms with van der Waals surface area (Å²) in [6.07, 6.45) is 3.32. The Bertz CT molecular complexity index is 379. The maximum atomic E-state index is 12.3. The molecule has 22 heavy (non-hydrogen) atoms. The van der Waals surface area contributed by atoms with Crippen molar-refractivity contribution in [2.45, 2.75) is 65.0 Å². The monoisotopic (exact) mass is 313 g/mol. The lowest BCUT2D eigenvalue weighted by Crippen LogP contribution is -2.59. The average Bonchev–Trinajstić information content (AvgIpc) is 2.44. The van der Waals surface area contributed by atoms with Gasteiger partial charge >= 0.3 is 6.09 Å². The summed E-state index contributed by atoms with van der Waals surface area (Å²) in [6, 6.07) is -0.115. The standard InChI is InChI=1S/C16H31N3O3/c1-5-6-7-8-14(20)19-10-9-18(12-13(19)11-17)15(21)22-16(2,3)4/h13H,5-12,17H2,1-4H3. The van der Waals surface area contributed by atoms with Crippen LogP contribution in [0, 0.1) is 0 Å². The summed E-state index contributed by atoms with van der Waals surface area (Å²) in [6.45, 7) is 9.50. The fourth-order valence-corrected chi connectivity index (χ4v) is 2.55. The van der Waals surface area contributed by atoms with Crippen molar-refractivity contribution >= 4 is 12.0 Å². The molecule has 0 aromatic heterocycles. The summed E-state index contributed by atoms with van der Waals surface area (Å²) in [5, 5.41) is 0. The topological polar surface area (TPSA) is 75.9 Å². The molecule has 0 spiro atoms. The molecule has 128 valence electrons. The highest BCUT2D eigenvalue weighted by molar-refractivity contribution is 5.77. The quantitative estimate of drug-likeness (QED) is 0.787. The number of rotatable bonds is 5. The predicted molar refractivity (Wildman–Crippen MR) is 86.5 cm³/mol. The van der Waals surface area contributed by atoms with Gasteiger partial charge in [0, 0.05) is 32.6 Å². The molecule has 1 fully saturated rings. The minimum Gasteiger partial charge on any atom is -0.444 e. The first-order valence-electron chi connectivity index (χ1n) is 8.26. The molecular weight excluding hydrogens is 282 g/mol. The van der Waals surface area contributed by atoms with Crippen molar-refractivity contribution in [3.63, 3.8) is 0 Å². The minimum atomic E-state index is -0.512.